The molecule has 0 fully saturated rings. The number of nitrogens with zero attached hydrogens (tertiary/aromatic N) is 1. The van der Waals surface area contributed by atoms with Gasteiger partial charge in [-0.3, -0.25) is 0 Å². The Morgan fingerprint density at radius 2 is 1.33 bits per heavy atom. The second kappa shape index (κ2) is 11.8. The zero-order valence-electron chi connectivity index (χ0n) is 17.1. The topological polar surface area (TPSA) is 12.9 Å². The summed E-state index contributed by atoms with van der Waals surface area (Å²) in [4.78, 5) is 4.30. The van der Waals surface area contributed by atoms with Crippen molar-refractivity contribution >= 4 is 26.5 Å². The predicted molar refractivity (Wildman–Crippen MR) is 124 cm³/mol. The van der Waals surface area contributed by atoms with Gasteiger partial charge in [0.05, 0.1) is 26.7 Å². The van der Waals surface area contributed by atoms with Crippen molar-refractivity contribution in [2.24, 2.45) is 0 Å². The van der Waals surface area contributed by atoms with E-state index in [0.717, 1.165) is 16.8 Å². The number of rotatable bonds is 3. The van der Waals surface area contributed by atoms with Crippen LogP contribution in [0.25, 0.3) is 11.3 Å². The van der Waals surface area contributed by atoms with E-state index < -0.39 is 0 Å². The number of benzene rings is 2. The monoisotopic (exact) mass is 574 g/mol. The van der Waals surface area contributed by atoms with Crippen LogP contribution in [0.2, 0.25) is 0 Å². The first-order chi connectivity index (χ1) is 12.4. The summed E-state index contributed by atoms with van der Waals surface area (Å²) < 4.78 is 0. The van der Waals surface area contributed by atoms with Gasteiger partial charge < -0.3 is 4.98 Å². The largest absolute Gasteiger partial charge is 1.00 e. The zero-order valence-corrected chi connectivity index (χ0v) is 21.6. The van der Waals surface area contributed by atoms with Crippen LogP contribution < -0.4 is 10.6 Å². The molecule has 0 saturated carbocycles. The Morgan fingerprint density at radius 1 is 0.778 bits per heavy atom. The maximum absolute atomic E-state index is 4.30. The van der Waals surface area contributed by atoms with Crippen molar-refractivity contribution in [3.63, 3.8) is 0 Å². The maximum atomic E-state index is 4.30. The minimum atomic E-state index is -0.261. The summed E-state index contributed by atoms with van der Waals surface area (Å²) in [5, 5.41) is 3.28. The summed E-state index contributed by atoms with van der Waals surface area (Å²) in [7, 11) is -0.522. The van der Waals surface area contributed by atoms with Crippen LogP contribution in [0.15, 0.2) is 60.8 Å². The molecule has 0 N–H and O–H groups in total. The van der Waals surface area contributed by atoms with E-state index in [1.165, 1.54) is 5.56 Å². The van der Waals surface area contributed by atoms with E-state index in [9.17, 15) is 0 Å². The number of hydrogen-bond donors (Lipinski definition) is 0. The molecule has 0 aliphatic heterocycles. The van der Waals surface area contributed by atoms with E-state index in [0.29, 0.717) is 0 Å². The number of aryl methyl sites for hydroxylation is 2. The van der Waals surface area contributed by atoms with Crippen molar-refractivity contribution in [2.75, 3.05) is 26.7 Å². The molecule has 0 amide bonds. The number of pyridine rings is 1. The van der Waals surface area contributed by atoms with Crippen molar-refractivity contribution in [3.8, 4) is 11.3 Å². The summed E-state index contributed by atoms with van der Waals surface area (Å²) in [5.41, 5.74) is 4.47. The molecule has 3 rings (SSSR count). The number of hydrogen-bond acceptors (Lipinski definition) is 1. The molecule has 0 atom stereocenters. The maximum Gasteiger partial charge on any atom is 1.00 e. The van der Waals surface area contributed by atoms with Gasteiger partial charge in [0.15, 0.2) is 0 Å². The first-order valence-electron chi connectivity index (χ1n) is 9.00. The van der Waals surface area contributed by atoms with Crippen LogP contribution in [0.3, 0.4) is 0 Å². The molecule has 1 radical (unpaired) electrons. The van der Waals surface area contributed by atoms with Gasteiger partial charge in [0.1, 0.15) is 10.6 Å². The van der Waals surface area contributed by atoms with E-state index in [1.807, 2.05) is 18.2 Å². The second-order valence-corrected chi connectivity index (χ2v) is 12.1. The molecule has 1 nitrogen and oxygen atoms in total. The van der Waals surface area contributed by atoms with Crippen LogP contribution in [0.5, 0.6) is 0 Å². The van der Waals surface area contributed by atoms with Gasteiger partial charge in [-0.15, -0.1) is 34.9 Å². The van der Waals surface area contributed by atoms with E-state index in [4.69, 9.17) is 0 Å². The van der Waals surface area contributed by atoms with Crippen molar-refractivity contribution in [1.29, 1.82) is 0 Å². The smallest absolute Gasteiger partial charge is 0.305 e. The Kier molecular flexibility index (Phi) is 10.6. The van der Waals surface area contributed by atoms with Gasteiger partial charge in [-0.2, -0.15) is 0 Å². The zero-order chi connectivity index (χ0) is 19.1. The third-order valence-corrected chi connectivity index (χ3v) is 7.37. The van der Waals surface area contributed by atoms with Gasteiger partial charge >= 0.3 is 19.8 Å². The van der Waals surface area contributed by atoms with E-state index in [2.05, 4.69) is 88.0 Å². The van der Waals surface area contributed by atoms with Gasteiger partial charge in [-0.05, 0) is 23.9 Å². The van der Waals surface area contributed by atoms with Crippen molar-refractivity contribution in [2.45, 2.75) is 13.8 Å². The second-order valence-electron chi connectivity index (χ2n) is 7.01. The molecule has 2 aromatic carbocycles. The molecule has 3 aromatic rings. The Bertz CT molecular complexity index is 786. The average Bonchev–Trinajstić information content (AvgIpc) is 2.62. The summed E-state index contributed by atoms with van der Waals surface area (Å²) in [5.74, 6) is 0. The molecule has 143 valence electrons. The molecular formula is C23H30NOsP2+2. The molecule has 1 aromatic heterocycles. The predicted octanol–water partition coefficient (Wildman–Crippen LogP) is 5.05. The quantitative estimate of drug-likeness (QED) is 0.316. The molecule has 0 spiro atoms. The molecule has 27 heavy (non-hydrogen) atoms. The Hall–Kier alpha value is -0.914. The Morgan fingerprint density at radius 3 is 1.78 bits per heavy atom. The van der Waals surface area contributed by atoms with Crippen LogP contribution >= 0.6 is 15.8 Å². The molecule has 0 unspecified atom stereocenters. The minimum Gasteiger partial charge on any atom is -0.305 e. The molecule has 0 bridgehead atoms. The van der Waals surface area contributed by atoms with E-state index >= 15 is 0 Å². The van der Waals surface area contributed by atoms with Gasteiger partial charge in [0.2, 0.25) is 0 Å². The standard InChI is InChI=1S/C13H12N.C10H16P2.Os/c1-10-7-11(2)9-12(8-10)13-5-3-4-6-14-13;1-11(2)9-7-5-6-8-10(9)12(3)4;/h3-8H,1-2H3;5-8H,1-4H3;/q-1;;+1/p+2. The molecule has 0 aliphatic carbocycles. The third kappa shape index (κ3) is 7.55. The van der Waals surface area contributed by atoms with Crippen LogP contribution in [0.1, 0.15) is 11.1 Å². The van der Waals surface area contributed by atoms with E-state index in [1.54, 1.807) is 16.8 Å². The van der Waals surface area contributed by atoms with Crippen LogP contribution in [-0.2, 0) is 19.8 Å². The van der Waals surface area contributed by atoms with E-state index in [-0.39, 0.29) is 35.6 Å². The fraction of sp³-hybridized carbons (Fsp3) is 0.261. The SMILES string of the molecule is C[PH+](C)c1ccccc1[PH+](C)C.Cc1[c-]c(-c2ccccn2)cc(C)c1.[Os+]. The molecule has 1 heterocycles. The Balaban J connectivity index is 0.000000264. The molecule has 0 aliphatic rings. The minimum absolute atomic E-state index is 0. The van der Waals surface area contributed by atoms with Crippen molar-refractivity contribution in [3.05, 3.63) is 78.0 Å². The van der Waals surface area contributed by atoms with Gasteiger partial charge in [0, 0.05) is 22.0 Å². The van der Waals surface area contributed by atoms with Crippen LogP contribution in [0.4, 0.5) is 0 Å². The third-order valence-electron chi connectivity index (χ3n) is 4.09. The first kappa shape index (κ1) is 24.1. The van der Waals surface area contributed by atoms with Gasteiger partial charge in [-0.1, -0.05) is 38.1 Å². The molecular weight excluding hydrogens is 542 g/mol. The summed E-state index contributed by atoms with van der Waals surface area (Å²) in [6.07, 6.45) is 1.81. The summed E-state index contributed by atoms with van der Waals surface area (Å²) in [6, 6.07) is 22.4. The van der Waals surface area contributed by atoms with Crippen molar-refractivity contribution < 1.29 is 19.8 Å². The van der Waals surface area contributed by atoms with Crippen LogP contribution in [-0.4, -0.2) is 31.6 Å². The fourth-order valence-corrected chi connectivity index (χ4v) is 6.51. The summed E-state index contributed by atoms with van der Waals surface area (Å²) >= 11 is 0. The number of aromatic nitrogens is 1. The molecule has 4 heteroatoms. The van der Waals surface area contributed by atoms with Crippen molar-refractivity contribution in [1.82, 2.24) is 4.98 Å². The first-order valence-corrected chi connectivity index (χ1v) is 14.0. The van der Waals surface area contributed by atoms with Gasteiger partial charge in [0.25, 0.3) is 0 Å². The van der Waals surface area contributed by atoms with Gasteiger partial charge in [-0.25, -0.2) is 0 Å². The molecule has 0 saturated heterocycles. The Labute approximate surface area is 180 Å². The average molecular weight is 573 g/mol. The fourth-order valence-electron chi connectivity index (χ4n) is 2.91. The van der Waals surface area contributed by atoms with Crippen LogP contribution in [0, 0.1) is 19.9 Å². The summed E-state index contributed by atoms with van der Waals surface area (Å²) in [6.45, 7) is 13.6. The normalized spacial score (nSPS) is 10.2.